The lowest BCUT2D eigenvalue weighted by molar-refractivity contribution is -0.137. The van der Waals surface area contributed by atoms with Crippen LogP contribution in [0.4, 0.5) is 0 Å². The van der Waals surface area contributed by atoms with Gasteiger partial charge in [-0.1, -0.05) is 6.92 Å². The normalized spacial score (nSPS) is 31.9. The van der Waals surface area contributed by atoms with Crippen LogP contribution in [0.25, 0.3) is 0 Å². The molecule has 2 aliphatic rings. The summed E-state index contributed by atoms with van der Waals surface area (Å²) < 4.78 is 0. The van der Waals surface area contributed by atoms with E-state index in [2.05, 4.69) is 12.2 Å². The molecule has 1 aliphatic carbocycles. The molecule has 1 saturated heterocycles. The molecule has 1 amide bonds. The molecule has 80 valence electrons. The highest BCUT2D eigenvalue weighted by Gasteiger charge is 2.44. The number of carbonyl (C=O) groups is 1. The maximum Gasteiger partial charge on any atom is 0.242 e. The van der Waals surface area contributed by atoms with Crippen molar-refractivity contribution in [1.29, 1.82) is 0 Å². The third-order valence-corrected chi connectivity index (χ3v) is 3.67. The van der Waals surface area contributed by atoms with Crippen LogP contribution in [0.3, 0.4) is 0 Å². The zero-order chi connectivity index (χ0) is 10.2. The quantitative estimate of drug-likeness (QED) is 0.734. The van der Waals surface area contributed by atoms with E-state index in [4.69, 9.17) is 0 Å². The number of hydrogen-bond acceptors (Lipinski definition) is 2. The van der Waals surface area contributed by atoms with E-state index in [1.165, 1.54) is 12.8 Å². The molecular weight excluding hydrogens is 176 g/mol. The van der Waals surface area contributed by atoms with Gasteiger partial charge in [0.15, 0.2) is 0 Å². The van der Waals surface area contributed by atoms with Crippen molar-refractivity contribution in [3.8, 4) is 0 Å². The first-order valence-corrected chi connectivity index (χ1v) is 5.72. The van der Waals surface area contributed by atoms with Crippen LogP contribution in [0.1, 0.15) is 39.0 Å². The molecule has 2 rings (SSSR count). The third-order valence-electron chi connectivity index (χ3n) is 3.67. The smallest absolute Gasteiger partial charge is 0.242 e. The van der Waals surface area contributed by atoms with Crippen molar-refractivity contribution in [3.05, 3.63) is 0 Å². The summed E-state index contributed by atoms with van der Waals surface area (Å²) in [7, 11) is 1.96. The van der Waals surface area contributed by atoms with Crippen LogP contribution < -0.4 is 5.32 Å². The number of likely N-dealkylation sites (N-methyl/N-ethyl adjacent to an activating group) is 1. The van der Waals surface area contributed by atoms with Crippen LogP contribution in [-0.4, -0.2) is 36.0 Å². The van der Waals surface area contributed by atoms with E-state index in [0.717, 1.165) is 25.8 Å². The second kappa shape index (κ2) is 3.54. The van der Waals surface area contributed by atoms with Gasteiger partial charge in [-0.2, -0.15) is 0 Å². The van der Waals surface area contributed by atoms with Gasteiger partial charge in [0.25, 0.3) is 0 Å². The van der Waals surface area contributed by atoms with Gasteiger partial charge in [0, 0.05) is 13.1 Å². The van der Waals surface area contributed by atoms with Crippen LogP contribution in [0.2, 0.25) is 0 Å². The van der Waals surface area contributed by atoms with Crippen molar-refractivity contribution in [3.63, 3.8) is 0 Å². The van der Waals surface area contributed by atoms with Gasteiger partial charge in [-0.25, -0.2) is 0 Å². The number of nitrogens with zero attached hydrogens (tertiary/aromatic N) is 1. The molecule has 14 heavy (non-hydrogen) atoms. The van der Waals surface area contributed by atoms with Gasteiger partial charge in [0.2, 0.25) is 5.91 Å². The maximum atomic E-state index is 12.2. The van der Waals surface area contributed by atoms with Crippen molar-refractivity contribution in [1.82, 2.24) is 10.2 Å². The highest BCUT2D eigenvalue weighted by Crippen LogP contribution is 2.31. The van der Waals surface area contributed by atoms with E-state index in [0.29, 0.717) is 11.9 Å². The predicted octanol–water partition coefficient (Wildman–Crippen LogP) is 1.14. The Morgan fingerprint density at radius 3 is 2.71 bits per heavy atom. The first-order chi connectivity index (χ1) is 6.69. The molecule has 0 spiro atoms. The predicted molar refractivity (Wildman–Crippen MR) is 56.1 cm³/mol. The summed E-state index contributed by atoms with van der Waals surface area (Å²) in [6.45, 7) is 3.11. The van der Waals surface area contributed by atoms with Gasteiger partial charge >= 0.3 is 0 Å². The Balaban J connectivity index is 2.06. The van der Waals surface area contributed by atoms with E-state index in [1.54, 1.807) is 0 Å². The standard InChI is InChI=1S/C11H20N2O/c1-3-11(7-4-8-12-11)10(14)13(2)9-5-6-9/h9,12H,3-8H2,1-2H3. The monoisotopic (exact) mass is 196 g/mol. The Kier molecular flexibility index (Phi) is 2.52. The molecule has 0 aromatic heterocycles. The lowest BCUT2D eigenvalue weighted by Gasteiger charge is -2.31. The first kappa shape index (κ1) is 9.97. The van der Waals surface area contributed by atoms with Crippen LogP contribution >= 0.6 is 0 Å². The fraction of sp³-hybridized carbons (Fsp3) is 0.909. The van der Waals surface area contributed by atoms with Gasteiger partial charge < -0.3 is 10.2 Å². The molecule has 3 nitrogen and oxygen atoms in total. The van der Waals surface area contributed by atoms with E-state index >= 15 is 0 Å². The molecule has 1 N–H and O–H groups in total. The molecule has 0 aromatic carbocycles. The maximum absolute atomic E-state index is 12.2. The van der Waals surface area contributed by atoms with Crippen molar-refractivity contribution in [2.45, 2.75) is 50.6 Å². The first-order valence-electron chi connectivity index (χ1n) is 5.72. The minimum atomic E-state index is -0.225. The molecular formula is C11H20N2O. The highest BCUT2D eigenvalue weighted by molar-refractivity contribution is 5.87. The summed E-state index contributed by atoms with van der Waals surface area (Å²) in [5, 5.41) is 3.39. The zero-order valence-electron chi connectivity index (χ0n) is 9.18. The summed E-state index contributed by atoms with van der Waals surface area (Å²) in [6.07, 6.45) is 5.46. The molecule has 0 aromatic rings. The minimum absolute atomic E-state index is 0.225. The Labute approximate surface area is 85.8 Å². The second-order valence-electron chi connectivity index (χ2n) is 4.61. The molecule has 1 atom stereocenters. The number of rotatable bonds is 3. The highest BCUT2D eigenvalue weighted by atomic mass is 16.2. The molecule has 1 aliphatic heterocycles. The molecule has 1 unspecified atom stereocenters. The van der Waals surface area contributed by atoms with Crippen molar-refractivity contribution in [2.75, 3.05) is 13.6 Å². The van der Waals surface area contributed by atoms with Gasteiger partial charge in [-0.05, 0) is 38.6 Å². The summed E-state index contributed by atoms with van der Waals surface area (Å²) in [5.41, 5.74) is -0.225. The van der Waals surface area contributed by atoms with E-state index < -0.39 is 0 Å². The van der Waals surface area contributed by atoms with Crippen molar-refractivity contribution >= 4 is 5.91 Å². The molecule has 0 radical (unpaired) electrons. The van der Waals surface area contributed by atoms with E-state index in [-0.39, 0.29) is 5.54 Å². The fourth-order valence-electron chi connectivity index (χ4n) is 2.41. The lowest BCUT2D eigenvalue weighted by atomic mass is 9.92. The Morgan fingerprint density at radius 1 is 1.57 bits per heavy atom. The SMILES string of the molecule is CCC1(C(=O)N(C)C2CC2)CCCN1. The average Bonchev–Trinajstić information content (AvgIpc) is 2.94. The zero-order valence-corrected chi connectivity index (χ0v) is 9.18. The van der Waals surface area contributed by atoms with Gasteiger partial charge in [-0.15, -0.1) is 0 Å². The minimum Gasteiger partial charge on any atom is -0.341 e. The molecule has 0 bridgehead atoms. The van der Waals surface area contributed by atoms with Crippen LogP contribution in [0, 0.1) is 0 Å². The van der Waals surface area contributed by atoms with Crippen molar-refractivity contribution in [2.24, 2.45) is 0 Å². The summed E-state index contributed by atoms with van der Waals surface area (Å²) >= 11 is 0. The Bertz CT molecular complexity index is 229. The van der Waals surface area contributed by atoms with Crippen LogP contribution in [0.15, 0.2) is 0 Å². The summed E-state index contributed by atoms with van der Waals surface area (Å²) in [4.78, 5) is 14.2. The number of carbonyl (C=O) groups excluding carboxylic acids is 1. The third kappa shape index (κ3) is 1.54. The van der Waals surface area contributed by atoms with Gasteiger partial charge in [0.1, 0.15) is 0 Å². The lowest BCUT2D eigenvalue weighted by Crippen LogP contribution is -2.54. The number of amides is 1. The Hall–Kier alpha value is -0.570. The molecule has 3 heteroatoms. The molecule has 1 saturated carbocycles. The average molecular weight is 196 g/mol. The molecule has 1 heterocycles. The Morgan fingerprint density at radius 2 is 2.29 bits per heavy atom. The second-order valence-corrected chi connectivity index (χ2v) is 4.61. The topological polar surface area (TPSA) is 32.3 Å². The fourth-order valence-corrected chi connectivity index (χ4v) is 2.41. The van der Waals surface area contributed by atoms with E-state index in [9.17, 15) is 4.79 Å². The van der Waals surface area contributed by atoms with E-state index in [1.807, 2.05) is 11.9 Å². The number of nitrogens with one attached hydrogen (secondary N) is 1. The van der Waals surface area contributed by atoms with Crippen LogP contribution in [0.5, 0.6) is 0 Å². The largest absolute Gasteiger partial charge is 0.341 e. The molecule has 2 fully saturated rings. The van der Waals surface area contributed by atoms with Crippen LogP contribution in [-0.2, 0) is 4.79 Å². The van der Waals surface area contributed by atoms with Gasteiger partial charge in [-0.3, -0.25) is 4.79 Å². The number of hydrogen-bond donors (Lipinski definition) is 1. The van der Waals surface area contributed by atoms with Gasteiger partial charge in [0.05, 0.1) is 5.54 Å². The summed E-state index contributed by atoms with van der Waals surface area (Å²) in [6, 6.07) is 0.535. The summed E-state index contributed by atoms with van der Waals surface area (Å²) in [5.74, 6) is 0.319. The van der Waals surface area contributed by atoms with Crippen molar-refractivity contribution < 1.29 is 4.79 Å².